The summed E-state index contributed by atoms with van der Waals surface area (Å²) in [5, 5.41) is 11.5. The SMILES string of the molecule is N[C@H](C(=O)N1CS[C@@H]2CC21)C12CC3CC(CC(O)(C3)C1)C2. The smallest absolute Gasteiger partial charge is 0.241 e. The first-order chi connectivity index (χ1) is 9.98. The summed E-state index contributed by atoms with van der Waals surface area (Å²) in [6.07, 6.45) is 7.17. The Morgan fingerprint density at radius 1 is 1.24 bits per heavy atom. The average molecular weight is 308 g/mol. The topological polar surface area (TPSA) is 66.6 Å². The van der Waals surface area contributed by atoms with Gasteiger partial charge in [0.15, 0.2) is 0 Å². The quantitative estimate of drug-likeness (QED) is 0.807. The Balaban J connectivity index is 1.42. The summed E-state index contributed by atoms with van der Waals surface area (Å²) in [6, 6.07) is 0.0698. The van der Waals surface area contributed by atoms with Gasteiger partial charge < -0.3 is 15.7 Å². The lowest BCUT2D eigenvalue weighted by Crippen LogP contribution is -2.64. The van der Waals surface area contributed by atoms with Crippen molar-refractivity contribution in [3.8, 4) is 0 Å². The van der Waals surface area contributed by atoms with Gasteiger partial charge in [-0.2, -0.15) is 0 Å². The number of amides is 1. The second kappa shape index (κ2) is 3.98. The minimum absolute atomic E-state index is 0.118. The van der Waals surface area contributed by atoms with E-state index in [1.54, 1.807) is 0 Å². The molecule has 6 rings (SSSR count). The highest BCUT2D eigenvalue weighted by atomic mass is 32.2. The lowest BCUT2D eigenvalue weighted by Gasteiger charge is -2.61. The van der Waals surface area contributed by atoms with E-state index in [2.05, 4.69) is 0 Å². The van der Waals surface area contributed by atoms with Crippen molar-refractivity contribution in [1.29, 1.82) is 0 Å². The van der Waals surface area contributed by atoms with Gasteiger partial charge in [-0.25, -0.2) is 0 Å². The fourth-order valence-corrected chi connectivity index (χ4v) is 7.63. The molecule has 1 aliphatic heterocycles. The molecule has 5 heteroatoms. The van der Waals surface area contributed by atoms with Gasteiger partial charge in [-0.05, 0) is 62.2 Å². The average Bonchev–Trinajstić information content (AvgIpc) is 3.05. The van der Waals surface area contributed by atoms with Crippen LogP contribution in [0.3, 0.4) is 0 Å². The van der Waals surface area contributed by atoms with Crippen molar-refractivity contribution in [2.45, 2.75) is 67.9 Å². The standard InChI is InChI=1S/C16H24N2O2S/c17-13(14(19)18-8-21-12-2-11(12)18)15-3-9-1-10(4-15)6-16(20,5-9)7-15/h9-13,20H,1-8,17H2/t9?,10?,11?,12-,13-,15?,16?/m1/s1. The largest absolute Gasteiger partial charge is 0.390 e. The summed E-state index contributed by atoms with van der Waals surface area (Å²) in [5.74, 6) is 2.18. The highest BCUT2D eigenvalue weighted by Gasteiger charge is 2.61. The lowest BCUT2D eigenvalue weighted by molar-refractivity contribution is -0.176. The van der Waals surface area contributed by atoms with Gasteiger partial charge in [-0.15, -0.1) is 11.8 Å². The molecule has 5 saturated carbocycles. The fourth-order valence-electron chi connectivity index (χ4n) is 6.25. The molecule has 0 spiro atoms. The first-order valence-corrected chi connectivity index (χ1v) is 9.43. The molecule has 5 aliphatic carbocycles. The second-order valence-electron chi connectivity index (χ2n) is 8.47. The summed E-state index contributed by atoms with van der Waals surface area (Å²) >= 11 is 1.90. The third-order valence-corrected chi connectivity index (χ3v) is 8.17. The molecule has 0 aromatic carbocycles. The van der Waals surface area contributed by atoms with Crippen molar-refractivity contribution < 1.29 is 9.90 Å². The van der Waals surface area contributed by atoms with Crippen LogP contribution in [-0.4, -0.2) is 44.7 Å². The first-order valence-electron chi connectivity index (χ1n) is 8.38. The van der Waals surface area contributed by atoms with Gasteiger partial charge in [-0.3, -0.25) is 4.79 Å². The molecule has 3 unspecified atom stereocenters. The van der Waals surface area contributed by atoms with Gasteiger partial charge in [0.05, 0.1) is 17.5 Å². The normalized spacial score (nSPS) is 54.7. The summed E-state index contributed by atoms with van der Waals surface area (Å²) in [7, 11) is 0. The van der Waals surface area contributed by atoms with Crippen LogP contribution in [-0.2, 0) is 4.79 Å². The Morgan fingerprint density at radius 3 is 2.48 bits per heavy atom. The van der Waals surface area contributed by atoms with Crippen LogP contribution in [0.2, 0.25) is 0 Å². The van der Waals surface area contributed by atoms with E-state index in [0.29, 0.717) is 23.1 Å². The zero-order valence-electron chi connectivity index (χ0n) is 12.3. The highest BCUT2D eigenvalue weighted by molar-refractivity contribution is 8.00. The van der Waals surface area contributed by atoms with Gasteiger partial charge >= 0.3 is 0 Å². The number of carbonyl (C=O) groups excluding carboxylic acids is 1. The van der Waals surface area contributed by atoms with Crippen molar-refractivity contribution in [3.05, 3.63) is 0 Å². The Kier molecular flexibility index (Phi) is 2.50. The van der Waals surface area contributed by atoms with Gasteiger partial charge in [-0.1, -0.05) is 0 Å². The van der Waals surface area contributed by atoms with Crippen LogP contribution < -0.4 is 5.73 Å². The Labute approximate surface area is 129 Å². The van der Waals surface area contributed by atoms with E-state index in [-0.39, 0.29) is 11.3 Å². The monoisotopic (exact) mass is 308 g/mol. The number of rotatable bonds is 2. The van der Waals surface area contributed by atoms with Crippen LogP contribution in [0.5, 0.6) is 0 Å². The van der Waals surface area contributed by atoms with Gasteiger partial charge in [0.2, 0.25) is 5.91 Å². The minimum atomic E-state index is -0.524. The second-order valence-corrected chi connectivity index (χ2v) is 9.67. The zero-order valence-corrected chi connectivity index (χ0v) is 13.1. The Hall–Kier alpha value is -0.260. The number of fused-ring (bicyclic) bond motifs is 1. The van der Waals surface area contributed by atoms with Gasteiger partial charge in [0.1, 0.15) is 0 Å². The number of hydrogen-bond donors (Lipinski definition) is 2. The molecule has 116 valence electrons. The van der Waals surface area contributed by atoms with Crippen molar-refractivity contribution in [2.24, 2.45) is 23.0 Å². The van der Waals surface area contributed by atoms with Crippen LogP contribution in [0.15, 0.2) is 0 Å². The molecular weight excluding hydrogens is 284 g/mol. The molecule has 21 heavy (non-hydrogen) atoms. The molecule has 0 aromatic rings. The maximum absolute atomic E-state index is 12.9. The van der Waals surface area contributed by atoms with Crippen LogP contribution in [0.4, 0.5) is 0 Å². The van der Waals surface area contributed by atoms with Crippen molar-refractivity contribution >= 4 is 17.7 Å². The Morgan fingerprint density at radius 2 is 1.95 bits per heavy atom. The molecule has 1 heterocycles. The predicted molar refractivity (Wildman–Crippen MR) is 81.5 cm³/mol. The van der Waals surface area contributed by atoms with Crippen molar-refractivity contribution in [1.82, 2.24) is 4.90 Å². The van der Waals surface area contributed by atoms with E-state index in [1.165, 1.54) is 6.42 Å². The highest BCUT2D eigenvalue weighted by Crippen LogP contribution is 2.63. The van der Waals surface area contributed by atoms with Crippen LogP contribution in [0.1, 0.15) is 44.9 Å². The molecule has 0 radical (unpaired) electrons. The first kappa shape index (κ1) is 13.2. The van der Waals surface area contributed by atoms with Crippen molar-refractivity contribution in [3.63, 3.8) is 0 Å². The number of thioether (sulfide) groups is 1. The zero-order chi connectivity index (χ0) is 14.4. The summed E-state index contributed by atoms with van der Waals surface area (Å²) in [4.78, 5) is 14.9. The number of hydrogen-bond acceptors (Lipinski definition) is 4. The van der Waals surface area contributed by atoms with E-state index in [4.69, 9.17) is 5.73 Å². The molecule has 3 N–H and O–H groups in total. The van der Waals surface area contributed by atoms with Gasteiger partial charge in [0.25, 0.3) is 0 Å². The number of aliphatic hydroxyl groups is 1. The molecule has 1 amide bonds. The van der Waals surface area contributed by atoms with E-state index >= 15 is 0 Å². The van der Waals surface area contributed by atoms with Crippen molar-refractivity contribution in [2.75, 3.05) is 5.88 Å². The van der Waals surface area contributed by atoms with Gasteiger partial charge in [0, 0.05) is 11.3 Å². The number of nitrogens with zero attached hydrogens (tertiary/aromatic N) is 1. The molecular formula is C16H24N2O2S. The molecule has 6 fully saturated rings. The predicted octanol–water partition coefficient (Wildman–Crippen LogP) is 1.32. The third-order valence-electron chi connectivity index (χ3n) is 6.81. The summed E-state index contributed by atoms with van der Waals surface area (Å²) in [5.41, 5.74) is 5.88. The molecule has 0 aromatic heterocycles. The molecule has 4 bridgehead atoms. The molecule has 6 aliphatic rings. The maximum atomic E-state index is 12.9. The summed E-state index contributed by atoms with van der Waals surface area (Å²) in [6.45, 7) is 0. The van der Waals surface area contributed by atoms with E-state index in [9.17, 15) is 9.90 Å². The molecule has 4 nitrogen and oxygen atoms in total. The van der Waals surface area contributed by atoms with E-state index < -0.39 is 11.6 Å². The van der Waals surface area contributed by atoms with Crippen LogP contribution in [0, 0.1) is 17.3 Å². The third kappa shape index (κ3) is 1.80. The van der Waals surface area contributed by atoms with E-state index in [0.717, 1.165) is 44.4 Å². The summed E-state index contributed by atoms with van der Waals surface area (Å²) < 4.78 is 0. The minimum Gasteiger partial charge on any atom is -0.390 e. The number of nitrogens with two attached hydrogens (primary N) is 1. The van der Waals surface area contributed by atoms with Crippen LogP contribution >= 0.6 is 11.8 Å². The lowest BCUT2D eigenvalue weighted by atomic mass is 9.46. The molecule has 5 atom stereocenters. The molecule has 1 saturated heterocycles. The van der Waals surface area contributed by atoms with E-state index in [1.807, 2.05) is 16.7 Å². The Bertz CT molecular complexity index is 497. The maximum Gasteiger partial charge on any atom is 0.241 e. The van der Waals surface area contributed by atoms with Crippen LogP contribution in [0.25, 0.3) is 0 Å². The fraction of sp³-hybridized carbons (Fsp3) is 0.938. The number of carbonyl (C=O) groups is 1.